The third-order valence-corrected chi connectivity index (χ3v) is 3.82. The Labute approximate surface area is 116 Å². The van der Waals surface area contributed by atoms with E-state index < -0.39 is 0 Å². The Morgan fingerprint density at radius 2 is 2.15 bits per heavy atom. The Kier molecular flexibility index (Phi) is 2.35. The van der Waals surface area contributed by atoms with Gasteiger partial charge in [0, 0.05) is 30.2 Å². The lowest BCUT2D eigenvalue weighted by atomic mass is 10.0. The van der Waals surface area contributed by atoms with E-state index in [2.05, 4.69) is 35.5 Å². The van der Waals surface area contributed by atoms with Gasteiger partial charge in [0.2, 0.25) is 5.22 Å². The molecule has 20 heavy (non-hydrogen) atoms. The molecule has 1 aromatic heterocycles. The predicted octanol–water partition coefficient (Wildman–Crippen LogP) is 0.415. The van der Waals surface area contributed by atoms with Crippen molar-refractivity contribution in [2.75, 3.05) is 6.54 Å². The summed E-state index contributed by atoms with van der Waals surface area (Å²) in [6, 6.07) is 8.31. The largest absolute Gasteiger partial charge is 0.847 e. The highest BCUT2D eigenvalue weighted by atomic mass is 16.3. The lowest BCUT2D eigenvalue weighted by Crippen LogP contribution is -2.28. The van der Waals surface area contributed by atoms with Crippen molar-refractivity contribution in [3.63, 3.8) is 0 Å². The molecule has 0 saturated carbocycles. The van der Waals surface area contributed by atoms with Crippen molar-refractivity contribution in [3.05, 3.63) is 58.1 Å². The van der Waals surface area contributed by atoms with E-state index in [0.29, 0.717) is 5.69 Å². The minimum absolute atomic E-state index is 0.0434. The molecule has 2 heterocycles. The lowest BCUT2D eigenvalue weighted by molar-refractivity contribution is -0.446. The van der Waals surface area contributed by atoms with E-state index in [1.807, 2.05) is 28.9 Å². The molecule has 2 aliphatic rings. The van der Waals surface area contributed by atoms with Crippen LogP contribution in [0.4, 0.5) is 5.69 Å². The van der Waals surface area contributed by atoms with Gasteiger partial charge in [-0.15, -0.1) is 0 Å². The van der Waals surface area contributed by atoms with Crippen LogP contribution in [-0.4, -0.2) is 22.3 Å². The second-order valence-corrected chi connectivity index (χ2v) is 5.03. The molecule has 0 spiro atoms. The summed E-state index contributed by atoms with van der Waals surface area (Å²) < 4.78 is 2.04. The molecule has 0 unspecified atom stereocenters. The SMILES string of the molecule is [O-]c1[nH]c2c(c1[N+]1=Cc3ccccc3CC1)=[C+]C=CC=2. The van der Waals surface area contributed by atoms with Crippen molar-refractivity contribution >= 4 is 24.1 Å². The van der Waals surface area contributed by atoms with Crippen LogP contribution in [0.1, 0.15) is 11.1 Å². The molecule has 4 rings (SSSR count). The maximum atomic E-state index is 12.2. The highest BCUT2D eigenvalue weighted by molar-refractivity contribution is 5.80. The number of hydrogen-bond acceptors (Lipinski definition) is 1. The quantitative estimate of drug-likeness (QED) is 0.586. The summed E-state index contributed by atoms with van der Waals surface area (Å²) in [5.41, 5.74) is 3.22. The van der Waals surface area contributed by atoms with Crippen LogP contribution in [0.25, 0.3) is 12.2 Å². The summed E-state index contributed by atoms with van der Waals surface area (Å²) in [7, 11) is 0. The molecule has 1 aliphatic heterocycles. The number of rotatable bonds is 1. The molecule has 0 bridgehead atoms. The summed E-state index contributed by atoms with van der Waals surface area (Å²) in [6.45, 7) is 0.821. The van der Waals surface area contributed by atoms with E-state index in [0.717, 1.165) is 23.5 Å². The molecule has 0 amide bonds. The third-order valence-electron chi connectivity index (χ3n) is 3.82. The number of H-pyrrole nitrogens is 1. The van der Waals surface area contributed by atoms with E-state index in [-0.39, 0.29) is 5.88 Å². The third kappa shape index (κ3) is 1.61. The summed E-state index contributed by atoms with van der Waals surface area (Å²) in [4.78, 5) is 2.90. The van der Waals surface area contributed by atoms with Gasteiger partial charge in [0.1, 0.15) is 0 Å². The van der Waals surface area contributed by atoms with Crippen LogP contribution in [0.3, 0.4) is 0 Å². The van der Waals surface area contributed by atoms with Crippen molar-refractivity contribution in [2.45, 2.75) is 6.42 Å². The Morgan fingerprint density at radius 3 is 3.10 bits per heavy atom. The lowest BCUT2D eigenvalue weighted by Gasteiger charge is -2.10. The van der Waals surface area contributed by atoms with Crippen LogP contribution in [0.15, 0.2) is 36.4 Å². The van der Waals surface area contributed by atoms with Gasteiger partial charge in [-0.3, -0.25) is 0 Å². The highest BCUT2D eigenvalue weighted by Crippen LogP contribution is 2.20. The van der Waals surface area contributed by atoms with Crippen molar-refractivity contribution in [1.82, 2.24) is 4.98 Å². The van der Waals surface area contributed by atoms with Crippen LogP contribution in [0, 0.1) is 0 Å². The average molecular weight is 261 g/mol. The first-order chi connectivity index (χ1) is 9.83. The fourth-order valence-corrected chi connectivity index (χ4v) is 2.84. The van der Waals surface area contributed by atoms with Crippen LogP contribution in [0.2, 0.25) is 0 Å². The topological polar surface area (TPSA) is 41.9 Å². The van der Waals surface area contributed by atoms with Crippen LogP contribution in [0.5, 0.6) is 5.88 Å². The van der Waals surface area contributed by atoms with Crippen molar-refractivity contribution in [1.29, 1.82) is 0 Å². The predicted molar refractivity (Wildman–Crippen MR) is 76.6 cm³/mol. The zero-order chi connectivity index (χ0) is 13.5. The van der Waals surface area contributed by atoms with E-state index in [1.165, 1.54) is 11.1 Å². The number of nitrogens with zero attached hydrogens (tertiary/aromatic N) is 1. The molecule has 2 aromatic rings. The second kappa shape index (κ2) is 4.19. The van der Waals surface area contributed by atoms with E-state index in [4.69, 9.17) is 0 Å². The molecule has 0 atom stereocenters. The molecule has 1 aromatic carbocycles. The first-order valence-electron chi connectivity index (χ1n) is 6.72. The van der Waals surface area contributed by atoms with Gasteiger partial charge >= 0.3 is 5.69 Å². The van der Waals surface area contributed by atoms with E-state index >= 15 is 0 Å². The maximum absolute atomic E-state index is 12.2. The molecule has 1 aliphatic carbocycles. The highest BCUT2D eigenvalue weighted by Gasteiger charge is 2.26. The van der Waals surface area contributed by atoms with Gasteiger partial charge in [-0.2, -0.15) is 4.58 Å². The molecule has 96 valence electrons. The molecule has 0 saturated heterocycles. The van der Waals surface area contributed by atoms with Crippen LogP contribution < -0.4 is 15.7 Å². The van der Waals surface area contributed by atoms with E-state index in [9.17, 15) is 5.11 Å². The summed E-state index contributed by atoms with van der Waals surface area (Å²) in [5, 5.41) is 13.9. The van der Waals surface area contributed by atoms with Gasteiger partial charge in [-0.1, -0.05) is 18.2 Å². The molecule has 3 heteroatoms. The number of aromatic nitrogens is 1. The van der Waals surface area contributed by atoms with Gasteiger partial charge in [0.25, 0.3) is 0 Å². The van der Waals surface area contributed by atoms with Crippen molar-refractivity contribution in [2.24, 2.45) is 0 Å². The number of nitrogens with one attached hydrogen (secondary N) is 1. The van der Waals surface area contributed by atoms with Crippen molar-refractivity contribution < 1.29 is 9.68 Å². The number of fused-ring (bicyclic) bond motifs is 2. The standard InChI is InChI=1S/C17H13N2O/c20-17-16(14-7-3-4-8-15(14)18-17)19-10-9-12-5-1-2-6-13(12)11-19/h1-6,8,11,18H,9-10H2/q+1. The number of allylic oxidation sites excluding steroid dienone is 2. The Morgan fingerprint density at radius 1 is 1.25 bits per heavy atom. The van der Waals surface area contributed by atoms with E-state index in [1.54, 1.807) is 0 Å². The summed E-state index contributed by atoms with van der Waals surface area (Å²) in [5.74, 6) is -0.0434. The second-order valence-electron chi connectivity index (χ2n) is 5.03. The van der Waals surface area contributed by atoms with Gasteiger partial charge < -0.3 is 10.1 Å². The van der Waals surface area contributed by atoms with Crippen molar-refractivity contribution in [3.8, 4) is 5.88 Å². The summed E-state index contributed by atoms with van der Waals surface area (Å²) in [6.07, 6.45) is 11.8. The Balaban J connectivity index is 1.94. The fraction of sp³-hybridized carbons (Fsp3) is 0.118. The molecular formula is C17H13N2O+. The van der Waals surface area contributed by atoms with Gasteiger partial charge in [-0.05, 0) is 11.6 Å². The summed E-state index contributed by atoms with van der Waals surface area (Å²) >= 11 is 0. The molecule has 0 radical (unpaired) electrons. The molecule has 0 fully saturated rings. The van der Waals surface area contributed by atoms with Gasteiger partial charge in [-0.25, -0.2) is 0 Å². The number of benzene rings is 1. The van der Waals surface area contributed by atoms with Gasteiger partial charge in [0.05, 0.1) is 12.0 Å². The first-order valence-corrected chi connectivity index (χ1v) is 6.72. The number of aromatic amines is 1. The Hall–Kier alpha value is -2.64. The maximum Gasteiger partial charge on any atom is 0.309 e. The average Bonchev–Trinajstić information content (AvgIpc) is 2.82. The minimum Gasteiger partial charge on any atom is -0.847 e. The fourth-order valence-electron chi connectivity index (χ4n) is 2.84. The number of hydrogen-bond donors (Lipinski definition) is 1. The minimum atomic E-state index is -0.0434. The molecule has 3 nitrogen and oxygen atoms in total. The molecule has 1 N–H and O–H groups in total. The molecular weight excluding hydrogens is 248 g/mol. The monoisotopic (exact) mass is 261 g/mol. The zero-order valence-electron chi connectivity index (χ0n) is 10.9. The Bertz CT molecular complexity index is 869. The first kappa shape index (κ1) is 11.2. The van der Waals surface area contributed by atoms with Crippen LogP contribution >= 0.6 is 0 Å². The van der Waals surface area contributed by atoms with Crippen LogP contribution in [-0.2, 0) is 6.42 Å². The normalized spacial score (nSPS) is 15.3. The zero-order valence-corrected chi connectivity index (χ0v) is 10.9. The van der Waals surface area contributed by atoms with Gasteiger partial charge in [0.15, 0.2) is 18.1 Å². The smallest absolute Gasteiger partial charge is 0.309 e.